The van der Waals surface area contributed by atoms with Crippen LogP contribution in [0.15, 0.2) is 41.8 Å². The van der Waals surface area contributed by atoms with Crippen LogP contribution in [0.3, 0.4) is 0 Å². The van der Waals surface area contributed by atoms with Gasteiger partial charge in [-0.25, -0.2) is 19.6 Å². The van der Waals surface area contributed by atoms with Crippen molar-refractivity contribution in [2.24, 2.45) is 0 Å². The lowest BCUT2D eigenvalue weighted by Crippen LogP contribution is -2.43. The molecule has 0 bridgehead atoms. The molecule has 2 aromatic heterocycles. The van der Waals surface area contributed by atoms with Gasteiger partial charge < -0.3 is 14.6 Å². The van der Waals surface area contributed by atoms with Crippen LogP contribution in [0.5, 0.6) is 5.88 Å². The van der Waals surface area contributed by atoms with Gasteiger partial charge in [0.25, 0.3) is 0 Å². The second kappa shape index (κ2) is 8.14. The monoisotopic (exact) mass is 441 g/mol. The fourth-order valence-electron chi connectivity index (χ4n) is 3.44. The minimum Gasteiger partial charge on any atom is -0.480 e. The fourth-order valence-corrected chi connectivity index (χ4v) is 4.14. The highest BCUT2D eigenvalue weighted by Gasteiger charge is 2.43. The van der Waals surface area contributed by atoms with Gasteiger partial charge >= 0.3 is 12.1 Å². The maximum absolute atomic E-state index is 12.6. The van der Waals surface area contributed by atoms with E-state index in [-0.39, 0.29) is 13.0 Å². The third kappa shape index (κ3) is 4.61. The number of carbonyl (C=O) groups excluding carboxylic acids is 1. The lowest BCUT2D eigenvalue weighted by atomic mass is 10.2. The van der Waals surface area contributed by atoms with E-state index in [9.17, 15) is 14.7 Å². The summed E-state index contributed by atoms with van der Waals surface area (Å²) in [4.78, 5) is 35.8. The molecule has 9 heteroatoms. The van der Waals surface area contributed by atoms with E-state index in [0.29, 0.717) is 17.1 Å². The molecule has 1 aliphatic heterocycles. The average Bonchev–Trinajstić information content (AvgIpc) is 3.36. The van der Waals surface area contributed by atoms with Crippen LogP contribution in [0, 0.1) is 0 Å². The molecule has 1 aliphatic rings. The molecule has 0 aliphatic carbocycles. The number of amides is 1. The molecule has 3 heterocycles. The maximum Gasteiger partial charge on any atom is 0.411 e. The number of aliphatic carboxylic acids is 1. The maximum atomic E-state index is 12.6. The molecule has 1 N–H and O–H groups in total. The van der Waals surface area contributed by atoms with Crippen LogP contribution in [-0.2, 0) is 9.53 Å². The number of hydrogen-bond donors (Lipinski definition) is 1. The van der Waals surface area contributed by atoms with Gasteiger partial charge in [0, 0.05) is 6.42 Å². The number of thiophene rings is 1. The van der Waals surface area contributed by atoms with Crippen LogP contribution in [0.2, 0.25) is 0 Å². The average molecular weight is 442 g/mol. The molecule has 4 rings (SSSR count). The van der Waals surface area contributed by atoms with Crippen molar-refractivity contribution in [1.29, 1.82) is 0 Å². The van der Waals surface area contributed by atoms with Crippen LogP contribution in [0.4, 0.5) is 4.79 Å². The molecule has 1 amide bonds. The molecule has 3 aromatic rings. The number of carbonyl (C=O) groups is 2. The van der Waals surface area contributed by atoms with E-state index in [1.165, 1.54) is 16.2 Å². The first-order chi connectivity index (χ1) is 14.7. The van der Waals surface area contributed by atoms with Crippen molar-refractivity contribution in [1.82, 2.24) is 14.9 Å². The van der Waals surface area contributed by atoms with Crippen molar-refractivity contribution in [3.63, 3.8) is 0 Å². The molecular weight excluding hydrogens is 418 g/mol. The molecule has 0 radical (unpaired) electrons. The lowest BCUT2D eigenvalue weighted by molar-refractivity contribution is -0.142. The van der Waals surface area contributed by atoms with Crippen molar-refractivity contribution in [3.05, 3.63) is 41.8 Å². The zero-order valence-corrected chi connectivity index (χ0v) is 18.3. The summed E-state index contributed by atoms with van der Waals surface area (Å²) in [5.41, 5.74) is 1.28. The third-order valence-corrected chi connectivity index (χ3v) is 5.62. The summed E-state index contributed by atoms with van der Waals surface area (Å²) in [5.74, 6) is -0.777. The molecule has 8 nitrogen and oxygen atoms in total. The van der Waals surface area contributed by atoms with E-state index in [1.807, 2.05) is 41.8 Å². The predicted octanol–water partition coefficient (Wildman–Crippen LogP) is 4.20. The van der Waals surface area contributed by atoms with Gasteiger partial charge in [-0.05, 0) is 44.4 Å². The summed E-state index contributed by atoms with van der Waals surface area (Å²) in [6.07, 6.45) is -1.09. The number of aromatic nitrogens is 2. The number of fused-ring (bicyclic) bond motifs is 1. The predicted molar refractivity (Wildman–Crippen MR) is 116 cm³/mol. The van der Waals surface area contributed by atoms with E-state index in [4.69, 9.17) is 14.5 Å². The number of rotatable bonds is 4. The summed E-state index contributed by atoms with van der Waals surface area (Å²) in [6, 6.07) is 10.3. The normalized spacial score (nSPS) is 18.9. The van der Waals surface area contributed by atoms with Gasteiger partial charge in [0.15, 0.2) is 0 Å². The quantitative estimate of drug-likeness (QED) is 0.647. The first-order valence-electron chi connectivity index (χ1n) is 9.91. The van der Waals surface area contributed by atoms with Crippen molar-refractivity contribution in [2.45, 2.75) is 44.9 Å². The molecule has 1 saturated heterocycles. The molecule has 0 saturated carbocycles. The third-order valence-electron chi connectivity index (χ3n) is 4.75. The van der Waals surface area contributed by atoms with E-state index in [2.05, 4.69) is 4.98 Å². The van der Waals surface area contributed by atoms with E-state index < -0.39 is 29.8 Å². The topological polar surface area (TPSA) is 102 Å². The molecule has 2 unspecified atom stereocenters. The van der Waals surface area contributed by atoms with Crippen LogP contribution >= 0.6 is 11.3 Å². The largest absolute Gasteiger partial charge is 0.480 e. The Morgan fingerprint density at radius 1 is 1.13 bits per heavy atom. The Hall–Kier alpha value is -3.20. The highest BCUT2D eigenvalue weighted by molar-refractivity contribution is 7.13. The van der Waals surface area contributed by atoms with Gasteiger partial charge in [-0.1, -0.05) is 18.2 Å². The summed E-state index contributed by atoms with van der Waals surface area (Å²) in [7, 11) is 0. The van der Waals surface area contributed by atoms with Crippen molar-refractivity contribution >= 4 is 34.4 Å². The van der Waals surface area contributed by atoms with Crippen molar-refractivity contribution in [2.75, 3.05) is 6.54 Å². The van der Waals surface area contributed by atoms with Crippen molar-refractivity contribution in [3.8, 4) is 16.5 Å². The Kier molecular flexibility index (Phi) is 5.53. The van der Waals surface area contributed by atoms with Gasteiger partial charge in [-0.15, -0.1) is 11.3 Å². The number of benzene rings is 1. The van der Waals surface area contributed by atoms with Crippen LogP contribution in [0.1, 0.15) is 27.2 Å². The molecular formula is C22H23N3O5S. The lowest BCUT2D eigenvalue weighted by Gasteiger charge is -2.26. The van der Waals surface area contributed by atoms with Crippen LogP contribution in [-0.4, -0.2) is 56.3 Å². The standard InChI is InChI=1S/C22H23N3O5S/c1-22(2,3)30-21(28)25-12-13(11-16(25)20(26)27)29-19-18(17-9-6-10-31-17)23-14-7-4-5-8-15(14)24-19/h4-10,13,16H,11-12H2,1-3H3,(H,26,27). The number of carboxylic acid groups (broad SMARTS) is 1. The van der Waals surface area contributed by atoms with E-state index in [1.54, 1.807) is 20.8 Å². The van der Waals surface area contributed by atoms with Crippen LogP contribution < -0.4 is 4.74 Å². The number of nitrogens with zero attached hydrogens (tertiary/aromatic N) is 3. The second-order valence-electron chi connectivity index (χ2n) is 8.31. The molecule has 31 heavy (non-hydrogen) atoms. The molecule has 2 atom stereocenters. The molecule has 1 fully saturated rings. The first-order valence-corrected chi connectivity index (χ1v) is 10.8. The fraction of sp³-hybridized carbons (Fsp3) is 0.364. The molecule has 162 valence electrons. The van der Waals surface area contributed by atoms with Gasteiger partial charge in [0.1, 0.15) is 23.4 Å². The second-order valence-corrected chi connectivity index (χ2v) is 9.25. The Morgan fingerprint density at radius 3 is 2.45 bits per heavy atom. The van der Waals surface area contributed by atoms with Gasteiger partial charge in [0.05, 0.1) is 22.5 Å². The zero-order chi connectivity index (χ0) is 22.2. The molecule has 0 spiro atoms. The summed E-state index contributed by atoms with van der Waals surface area (Å²) in [5, 5.41) is 11.6. The highest BCUT2D eigenvalue weighted by atomic mass is 32.1. The van der Waals surface area contributed by atoms with E-state index >= 15 is 0 Å². The minimum atomic E-state index is -1.10. The summed E-state index contributed by atoms with van der Waals surface area (Å²) in [6.45, 7) is 5.30. The Balaban J connectivity index is 1.63. The Labute approximate surface area is 183 Å². The van der Waals surface area contributed by atoms with Crippen molar-refractivity contribution < 1.29 is 24.2 Å². The number of carboxylic acids is 1. The summed E-state index contributed by atoms with van der Waals surface area (Å²) >= 11 is 1.51. The SMILES string of the molecule is CC(C)(C)OC(=O)N1CC(Oc2nc3ccccc3nc2-c2cccs2)CC1C(=O)O. The van der Waals surface area contributed by atoms with Gasteiger partial charge in [0.2, 0.25) is 5.88 Å². The zero-order valence-electron chi connectivity index (χ0n) is 17.4. The van der Waals surface area contributed by atoms with Crippen LogP contribution in [0.25, 0.3) is 21.6 Å². The van der Waals surface area contributed by atoms with Gasteiger partial charge in [-0.3, -0.25) is 4.90 Å². The number of hydrogen-bond acceptors (Lipinski definition) is 7. The highest BCUT2D eigenvalue weighted by Crippen LogP contribution is 2.34. The number of para-hydroxylation sites is 2. The van der Waals surface area contributed by atoms with E-state index in [0.717, 1.165) is 10.4 Å². The Morgan fingerprint density at radius 2 is 1.84 bits per heavy atom. The molecule has 1 aromatic carbocycles. The smallest absolute Gasteiger partial charge is 0.411 e. The number of ether oxygens (including phenoxy) is 2. The van der Waals surface area contributed by atoms with Gasteiger partial charge in [-0.2, -0.15) is 0 Å². The number of likely N-dealkylation sites (tertiary alicyclic amines) is 1. The first kappa shape index (κ1) is 21.0. The minimum absolute atomic E-state index is 0.0876. The summed E-state index contributed by atoms with van der Waals surface area (Å²) < 4.78 is 11.5. The Bertz CT molecular complexity index is 1110.